The molecule has 92 valence electrons. The van der Waals surface area contributed by atoms with Crippen LogP contribution in [0.3, 0.4) is 0 Å². The third-order valence-corrected chi connectivity index (χ3v) is 2.45. The summed E-state index contributed by atoms with van der Waals surface area (Å²) >= 11 is 0. The van der Waals surface area contributed by atoms with Crippen molar-refractivity contribution < 1.29 is 19.7 Å². The number of carbonyl (C=O) groups is 1. The maximum Gasteiger partial charge on any atom is 0.345 e. The van der Waals surface area contributed by atoms with Crippen molar-refractivity contribution in [2.24, 2.45) is 0 Å². The Balaban J connectivity index is 3.01. The molecule has 1 aromatic carbocycles. The van der Waals surface area contributed by atoms with E-state index < -0.39 is 17.7 Å². The van der Waals surface area contributed by atoms with Crippen LogP contribution in [0.5, 0.6) is 0 Å². The Morgan fingerprint density at radius 2 is 2.12 bits per heavy atom. The average molecular weight is 236 g/mol. The fourth-order valence-electron chi connectivity index (χ4n) is 1.44. The van der Waals surface area contributed by atoms with Crippen molar-refractivity contribution in [1.29, 1.82) is 0 Å². The number of aliphatic hydroxyl groups excluding tert-OH is 1. The van der Waals surface area contributed by atoms with Gasteiger partial charge in [-0.25, -0.2) is 4.79 Å². The van der Waals surface area contributed by atoms with E-state index in [9.17, 15) is 15.0 Å². The van der Waals surface area contributed by atoms with Crippen molar-refractivity contribution in [2.75, 3.05) is 6.61 Å². The van der Waals surface area contributed by atoms with Crippen LogP contribution in [-0.2, 0) is 9.53 Å². The lowest BCUT2D eigenvalue weighted by molar-refractivity contribution is -0.170. The Hall–Kier alpha value is -1.65. The van der Waals surface area contributed by atoms with Crippen LogP contribution in [-0.4, -0.2) is 28.4 Å². The molecule has 0 aliphatic rings. The van der Waals surface area contributed by atoms with Crippen molar-refractivity contribution >= 4 is 5.97 Å². The van der Waals surface area contributed by atoms with E-state index in [1.807, 2.05) is 0 Å². The van der Waals surface area contributed by atoms with E-state index in [0.29, 0.717) is 5.56 Å². The molecule has 0 aliphatic heterocycles. The van der Waals surface area contributed by atoms with Crippen LogP contribution >= 0.6 is 0 Å². The van der Waals surface area contributed by atoms with Crippen molar-refractivity contribution in [1.82, 2.24) is 0 Å². The topological polar surface area (TPSA) is 66.8 Å². The molecule has 0 bridgehead atoms. The second kappa shape index (κ2) is 5.61. The fraction of sp³-hybridized carbons (Fsp3) is 0.308. The van der Waals surface area contributed by atoms with E-state index in [-0.39, 0.29) is 6.61 Å². The van der Waals surface area contributed by atoms with Gasteiger partial charge in [-0.2, -0.15) is 0 Å². The van der Waals surface area contributed by atoms with Crippen molar-refractivity contribution in [3.05, 3.63) is 48.6 Å². The summed E-state index contributed by atoms with van der Waals surface area (Å²) in [5, 5.41) is 20.1. The van der Waals surface area contributed by atoms with Gasteiger partial charge in [-0.05, 0) is 18.6 Å². The third-order valence-electron chi connectivity index (χ3n) is 2.45. The maximum absolute atomic E-state index is 11.6. The molecule has 0 saturated carbocycles. The predicted molar refractivity (Wildman–Crippen MR) is 63.2 cm³/mol. The lowest BCUT2D eigenvalue weighted by Gasteiger charge is -2.27. The molecule has 17 heavy (non-hydrogen) atoms. The Morgan fingerprint density at radius 1 is 1.53 bits per heavy atom. The summed E-state index contributed by atoms with van der Waals surface area (Å²) in [7, 11) is 0. The minimum Gasteiger partial charge on any atom is -0.464 e. The van der Waals surface area contributed by atoms with Crippen LogP contribution in [0.1, 0.15) is 18.6 Å². The number of rotatable bonds is 5. The standard InChI is InChI=1S/C13H16O4/c1-3-13(16,12(15)17-4-2)11(14)10-8-6-5-7-9-10/h3,5-9,11,14,16H,1,4H2,2H3/t11-,13-/m0/s1. The molecule has 4 nitrogen and oxygen atoms in total. The first kappa shape index (κ1) is 13.4. The number of benzene rings is 1. The van der Waals surface area contributed by atoms with E-state index in [1.165, 1.54) is 0 Å². The Kier molecular flexibility index (Phi) is 4.43. The van der Waals surface area contributed by atoms with Crippen LogP contribution in [0.15, 0.2) is 43.0 Å². The number of carbonyl (C=O) groups excluding carboxylic acids is 1. The third kappa shape index (κ3) is 2.72. The molecule has 1 rings (SSSR count). The van der Waals surface area contributed by atoms with Gasteiger partial charge in [0.15, 0.2) is 0 Å². The molecule has 0 heterocycles. The van der Waals surface area contributed by atoms with Crippen molar-refractivity contribution in [3.8, 4) is 0 Å². The second-order valence-corrected chi connectivity index (χ2v) is 3.56. The van der Waals surface area contributed by atoms with Crippen LogP contribution < -0.4 is 0 Å². The van der Waals surface area contributed by atoms with Gasteiger partial charge < -0.3 is 14.9 Å². The normalized spacial score (nSPS) is 15.7. The molecule has 0 fully saturated rings. The zero-order valence-electron chi connectivity index (χ0n) is 9.67. The second-order valence-electron chi connectivity index (χ2n) is 3.56. The summed E-state index contributed by atoms with van der Waals surface area (Å²) in [5.74, 6) is -0.911. The van der Waals surface area contributed by atoms with E-state index in [1.54, 1.807) is 37.3 Å². The molecular weight excluding hydrogens is 220 g/mol. The SMILES string of the molecule is C=C[C@@](O)(C(=O)OCC)[C@@H](O)c1ccccc1. The van der Waals surface area contributed by atoms with Crippen LogP contribution in [0.4, 0.5) is 0 Å². The summed E-state index contributed by atoms with van der Waals surface area (Å²) in [6, 6.07) is 8.39. The molecule has 4 heteroatoms. The van der Waals surface area contributed by atoms with Crippen molar-refractivity contribution in [3.63, 3.8) is 0 Å². The molecule has 2 N–H and O–H groups in total. The highest BCUT2D eigenvalue weighted by Crippen LogP contribution is 2.28. The summed E-state index contributed by atoms with van der Waals surface area (Å²) < 4.78 is 4.72. The molecule has 0 radical (unpaired) electrons. The number of hydrogen-bond acceptors (Lipinski definition) is 4. The number of aliphatic hydroxyl groups is 2. The first-order valence-electron chi connectivity index (χ1n) is 5.32. The van der Waals surface area contributed by atoms with Crippen LogP contribution in [0, 0.1) is 0 Å². The number of esters is 1. The molecule has 0 unspecified atom stereocenters. The van der Waals surface area contributed by atoms with Gasteiger partial charge >= 0.3 is 5.97 Å². The summed E-state index contributed by atoms with van der Waals surface area (Å²) in [6.45, 7) is 5.11. The lowest BCUT2D eigenvalue weighted by Crippen LogP contribution is -2.44. The van der Waals surface area contributed by atoms with E-state index >= 15 is 0 Å². The van der Waals surface area contributed by atoms with Gasteiger partial charge in [-0.3, -0.25) is 0 Å². The first-order chi connectivity index (χ1) is 8.06. The van der Waals surface area contributed by atoms with Gasteiger partial charge in [0.05, 0.1) is 6.61 Å². The smallest absolute Gasteiger partial charge is 0.345 e. The first-order valence-corrected chi connectivity index (χ1v) is 5.32. The molecule has 1 aromatic rings. The molecule has 0 spiro atoms. The summed E-state index contributed by atoms with van der Waals surface area (Å²) in [6.07, 6.45) is -0.414. The highest BCUT2D eigenvalue weighted by Gasteiger charge is 2.42. The molecule has 0 saturated heterocycles. The Bertz CT molecular complexity index is 388. The van der Waals surface area contributed by atoms with Gasteiger partial charge in [0.1, 0.15) is 6.10 Å². The van der Waals surface area contributed by atoms with Crippen LogP contribution in [0.2, 0.25) is 0 Å². The molecule has 0 amide bonds. The number of ether oxygens (including phenoxy) is 1. The molecule has 2 atom stereocenters. The highest BCUT2D eigenvalue weighted by atomic mass is 16.6. The van der Waals surface area contributed by atoms with E-state index in [2.05, 4.69) is 6.58 Å². The van der Waals surface area contributed by atoms with Crippen molar-refractivity contribution in [2.45, 2.75) is 18.6 Å². The average Bonchev–Trinajstić information content (AvgIpc) is 2.38. The molecule has 0 aromatic heterocycles. The van der Waals surface area contributed by atoms with Crippen LogP contribution in [0.25, 0.3) is 0 Å². The van der Waals surface area contributed by atoms with Gasteiger partial charge in [0.2, 0.25) is 5.60 Å². The number of hydrogen-bond donors (Lipinski definition) is 2. The summed E-state index contributed by atoms with van der Waals surface area (Å²) in [4.78, 5) is 11.6. The zero-order chi connectivity index (χ0) is 12.9. The molecule has 0 aliphatic carbocycles. The maximum atomic E-state index is 11.6. The zero-order valence-corrected chi connectivity index (χ0v) is 9.67. The molecular formula is C13H16O4. The van der Waals surface area contributed by atoms with Gasteiger partial charge in [-0.1, -0.05) is 36.9 Å². The van der Waals surface area contributed by atoms with Gasteiger partial charge in [0, 0.05) is 0 Å². The Labute approximate surface area is 100 Å². The quantitative estimate of drug-likeness (QED) is 0.595. The van der Waals surface area contributed by atoms with E-state index in [4.69, 9.17) is 4.74 Å². The van der Waals surface area contributed by atoms with E-state index in [0.717, 1.165) is 6.08 Å². The Morgan fingerprint density at radius 3 is 2.59 bits per heavy atom. The largest absolute Gasteiger partial charge is 0.464 e. The minimum absolute atomic E-state index is 0.122. The van der Waals surface area contributed by atoms with Gasteiger partial charge in [0.25, 0.3) is 0 Å². The minimum atomic E-state index is -2.13. The monoisotopic (exact) mass is 236 g/mol. The summed E-state index contributed by atoms with van der Waals surface area (Å²) in [5.41, 5.74) is -1.71. The highest BCUT2D eigenvalue weighted by molar-refractivity contribution is 5.82. The lowest BCUT2D eigenvalue weighted by atomic mass is 9.91. The van der Waals surface area contributed by atoms with Gasteiger partial charge in [-0.15, -0.1) is 0 Å². The fourth-order valence-corrected chi connectivity index (χ4v) is 1.44. The predicted octanol–water partition coefficient (Wildman–Crippen LogP) is 1.20.